The number of carbonyl (C=O) groups is 2. The molecule has 2 rings (SSSR count). The molecular formula is C18H26N2O4. The summed E-state index contributed by atoms with van der Waals surface area (Å²) in [5.41, 5.74) is 1.15. The van der Waals surface area contributed by atoms with E-state index >= 15 is 0 Å². The average molecular weight is 334 g/mol. The molecule has 0 saturated carbocycles. The van der Waals surface area contributed by atoms with Gasteiger partial charge in [0.25, 0.3) is 0 Å². The van der Waals surface area contributed by atoms with Crippen LogP contribution < -0.4 is 5.32 Å². The van der Waals surface area contributed by atoms with Gasteiger partial charge in [0, 0.05) is 19.5 Å². The third kappa shape index (κ3) is 4.47. The van der Waals surface area contributed by atoms with Crippen LogP contribution in [-0.2, 0) is 15.0 Å². The number of aromatic hydroxyl groups is 1. The first-order valence-corrected chi connectivity index (χ1v) is 8.31. The van der Waals surface area contributed by atoms with Crippen LogP contribution in [0.5, 0.6) is 5.75 Å². The van der Waals surface area contributed by atoms with Crippen molar-refractivity contribution in [2.45, 2.75) is 32.1 Å². The molecule has 0 aliphatic carbocycles. The Balaban J connectivity index is 1.88. The van der Waals surface area contributed by atoms with E-state index in [-0.39, 0.29) is 17.9 Å². The molecule has 1 aliphatic rings. The Labute approximate surface area is 142 Å². The molecule has 6 nitrogen and oxygen atoms in total. The van der Waals surface area contributed by atoms with Gasteiger partial charge in [-0.3, -0.25) is 9.59 Å². The molecule has 1 amide bonds. The number of carboxylic acids is 1. The number of phenolic OH excluding ortho intramolecular Hbond substituents is 1. The molecule has 132 valence electrons. The lowest BCUT2D eigenvalue weighted by Gasteiger charge is -2.45. The fourth-order valence-electron chi connectivity index (χ4n) is 3.33. The molecule has 24 heavy (non-hydrogen) atoms. The fraction of sp³-hybridized carbons (Fsp3) is 0.556. The summed E-state index contributed by atoms with van der Waals surface area (Å²) in [5.74, 6) is -0.586. The lowest BCUT2D eigenvalue weighted by Crippen LogP contribution is -2.48. The molecule has 0 aromatic heterocycles. The van der Waals surface area contributed by atoms with E-state index in [1.165, 1.54) is 0 Å². The number of nitrogens with zero attached hydrogens (tertiary/aromatic N) is 1. The standard InChI is InChI=1S/C18H26N2O4/c1-13-12-20(8-6-16(22)19-11-17(23)24)9-7-18(13,2)14-4-3-5-15(21)10-14/h3-5,10,13,21H,6-9,11-12H2,1-2H3,(H,19,22)(H,23,24)/t13-,18+/m0/s1. The Morgan fingerprint density at radius 1 is 1.42 bits per heavy atom. The van der Waals surface area contributed by atoms with Crippen molar-refractivity contribution < 1.29 is 19.8 Å². The van der Waals surface area contributed by atoms with Crippen LogP contribution in [0.1, 0.15) is 32.3 Å². The van der Waals surface area contributed by atoms with Crippen molar-refractivity contribution in [1.29, 1.82) is 0 Å². The summed E-state index contributed by atoms with van der Waals surface area (Å²) in [6.45, 7) is 6.47. The Kier molecular flexibility index (Phi) is 5.83. The molecule has 1 saturated heterocycles. The summed E-state index contributed by atoms with van der Waals surface area (Å²) in [6, 6.07) is 7.46. The summed E-state index contributed by atoms with van der Waals surface area (Å²) in [6.07, 6.45) is 1.26. The number of hydrogen-bond donors (Lipinski definition) is 3. The number of aliphatic carboxylic acids is 1. The van der Waals surface area contributed by atoms with Crippen LogP contribution in [-0.4, -0.2) is 53.2 Å². The minimum absolute atomic E-state index is 0.000800. The van der Waals surface area contributed by atoms with E-state index in [0.717, 1.165) is 25.1 Å². The first-order chi connectivity index (χ1) is 11.3. The highest BCUT2D eigenvalue weighted by Gasteiger charge is 2.38. The largest absolute Gasteiger partial charge is 0.508 e. The quantitative estimate of drug-likeness (QED) is 0.735. The summed E-state index contributed by atoms with van der Waals surface area (Å²) in [5, 5.41) is 20.7. The molecule has 0 spiro atoms. The minimum Gasteiger partial charge on any atom is -0.508 e. The smallest absolute Gasteiger partial charge is 0.322 e. The lowest BCUT2D eigenvalue weighted by atomic mass is 9.68. The number of likely N-dealkylation sites (tertiary alicyclic amines) is 1. The van der Waals surface area contributed by atoms with Gasteiger partial charge in [-0.2, -0.15) is 0 Å². The number of amides is 1. The molecule has 1 aromatic rings. The summed E-state index contributed by atoms with van der Waals surface area (Å²) < 4.78 is 0. The van der Waals surface area contributed by atoms with Gasteiger partial charge in [-0.25, -0.2) is 0 Å². The lowest BCUT2D eigenvalue weighted by molar-refractivity contribution is -0.138. The predicted octanol–water partition coefficient (Wildman–Crippen LogP) is 1.58. The van der Waals surface area contributed by atoms with Crippen LogP contribution in [0.3, 0.4) is 0 Å². The second-order valence-electron chi connectivity index (χ2n) is 6.84. The molecule has 0 radical (unpaired) electrons. The van der Waals surface area contributed by atoms with Gasteiger partial charge < -0.3 is 20.4 Å². The molecule has 1 aliphatic heterocycles. The number of benzene rings is 1. The van der Waals surface area contributed by atoms with Gasteiger partial charge in [-0.05, 0) is 42.0 Å². The van der Waals surface area contributed by atoms with E-state index in [1.54, 1.807) is 6.07 Å². The van der Waals surface area contributed by atoms with Crippen LogP contribution in [0.4, 0.5) is 0 Å². The highest BCUT2D eigenvalue weighted by molar-refractivity contribution is 5.81. The van der Waals surface area contributed by atoms with E-state index < -0.39 is 5.97 Å². The van der Waals surface area contributed by atoms with Crippen LogP contribution in [0.15, 0.2) is 24.3 Å². The number of phenols is 1. The summed E-state index contributed by atoms with van der Waals surface area (Å²) in [4.78, 5) is 24.3. The van der Waals surface area contributed by atoms with Crippen molar-refractivity contribution in [2.24, 2.45) is 5.92 Å². The van der Waals surface area contributed by atoms with Crippen molar-refractivity contribution >= 4 is 11.9 Å². The number of hydrogen-bond acceptors (Lipinski definition) is 4. The van der Waals surface area contributed by atoms with Gasteiger partial charge >= 0.3 is 5.97 Å². The van der Waals surface area contributed by atoms with Crippen molar-refractivity contribution in [2.75, 3.05) is 26.2 Å². The number of rotatable bonds is 6. The Morgan fingerprint density at radius 2 is 2.17 bits per heavy atom. The van der Waals surface area contributed by atoms with Crippen molar-refractivity contribution in [1.82, 2.24) is 10.2 Å². The third-order valence-corrected chi connectivity index (χ3v) is 5.16. The second-order valence-corrected chi connectivity index (χ2v) is 6.84. The normalized spacial score (nSPS) is 24.5. The van der Waals surface area contributed by atoms with Gasteiger partial charge in [-0.1, -0.05) is 26.0 Å². The Bertz CT molecular complexity index is 604. The number of piperidine rings is 1. The van der Waals surface area contributed by atoms with Crippen LogP contribution in [0.25, 0.3) is 0 Å². The fourth-order valence-corrected chi connectivity index (χ4v) is 3.33. The second kappa shape index (κ2) is 7.66. The topological polar surface area (TPSA) is 89.9 Å². The van der Waals surface area contributed by atoms with Crippen LogP contribution >= 0.6 is 0 Å². The minimum atomic E-state index is -1.03. The summed E-state index contributed by atoms with van der Waals surface area (Å²) >= 11 is 0. The maximum absolute atomic E-state index is 11.6. The number of nitrogens with one attached hydrogen (secondary N) is 1. The zero-order valence-corrected chi connectivity index (χ0v) is 14.3. The average Bonchev–Trinajstić information content (AvgIpc) is 2.54. The highest BCUT2D eigenvalue weighted by atomic mass is 16.4. The van der Waals surface area contributed by atoms with Crippen LogP contribution in [0, 0.1) is 5.92 Å². The van der Waals surface area contributed by atoms with Gasteiger partial charge in [0.15, 0.2) is 0 Å². The maximum atomic E-state index is 11.6. The van der Waals surface area contributed by atoms with Gasteiger partial charge in [-0.15, -0.1) is 0 Å². The molecule has 1 aromatic carbocycles. The first-order valence-electron chi connectivity index (χ1n) is 8.31. The van der Waals surface area contributed by atoms with Gasteiger partial charge in [0.2, 0.25) is 5.91 Å². The molecule has 0 bridgehead atoms. The monoisotopic (exact) mass is 334 g/mol. The van der Waals surface area contributed by atoms with E-state index in [1.807, 2.05) is 12.1 Å². The zero-order chi connectivity index (χ0) is 17.7. The Morgan fingerprint density at radius 3 is 2.79 bits per heavy atom. The maximum Gasteiger partial charge on any atom is 0.322 e. The Hall–Kier alpha value is -2.08. The van der Waals surface area contributed by atoms with Crippen LogP contribution in [0.2, 0.25) is 0 Å². The predicted molar refractivity (Wildman–Crippen MR) is 90.9 cm³/mol. The number of carboxylic acid groups (broad SMARTS) is 1. The number of carbonyl (C=O) groups excluding carboxylic acids is 1. The molecule has 3 N–H and O–H groups in total. The van der Waals surface area contributed by atoms with Gasteiger partial charge in [0.1, 0.15) is 12.3 Å². The molecule has 6 heteroatoms. The van der Waals surface area contributed by atoms with E-state index in [4.69, 9.17) is 5.11 Å². The van der Waals surface area contributed by atoms with E-state index in [2.05, 4.69) is 30.1 Å². The molecular weight excluding hydrogens is 308 g/mol. The molecule has 1 fully saturated rings. The first kappa shape index (κ1) is 18.3. The third-order valence-electron chi connectivity index (χ3n) is 5.16. The van der Waals surface area contributed by atoms with Crippen molar-refractivity contribution in [3.8, 4) is 5.75 Å². The van der Waals surface area contributed by atoms with E-state index in [0.29, 0.717) is 24.6 Å². The van der Waals surface area contributed by atoms with E-state index in [9.17, 15) is 14.7 Å². The molecule has 2 atom stereocenters. The summed E-state index contributed by atoms with van der Waals surface area (Å²) in [7, 11) is 0. The van der Waals surface area contributed by atoms with Gasteiger partial charge in [0.05, 0.1) is 0 Å². The highest BCUT2D eigenvalue weighted by Crippen LogP contribution is 2.40. The zero-order valence-electron chi connectivity index (χ0n) is 14.3. The van der Waals surface area contributed by atoms with Crippen molar-refractivity contribution in [3.63, 3.8) is 0 Å². The molecule has 1 heterocycles. The molecule has 0 unspecified atom stereocenters. The SMILES string of the molecule is C[C@H]1CN(CCC(=O)NCC(=O)O)CC[C@@]1(C)c1cccc(O)c1. The van der Waals surface area contributed by atoms with Crippen molar-refractivity contribution in [3.05, 3.63) is 29.8 Å².